The second kappa shape index (κ2) is 6.42. The summed E-state index contributed by atoms with van der Waals surface area (Å²) in [6.07, 6.45) is 3.63. The first kappa shape index (κ1) is 15.1. The molecule has 1 atom stereocenters. The summed E-state index contributed by atoms with van der Waals surface area (Å²) in [7, 11) is 0. The third-order valence-corrected chi connectivity index (χ3v) is 4.02. The smallest absolute Gasteiger partial charge is 0.137 e. The van der Waals surface area contributed by atoms with Crippen molar-refractivity contribution in [3.8, 4) is 0 Å². The molecule has 2 rings (SSSR count). The highest BCUT2D eigenvalue weighted by molar-refractivity contribution is 5.59. The third kappa shape index (κ3) is 3.05. The number of rotatable bonds is 5. The maximum Gasteiger partial charge on any atom is 0.137 e. The molecular weight excluding hydrogens is 248 g/mol. The molecule has 0 amide bonds. The SMILES string of the molecule is CCCNc1nc(C(C)C)nc(N2CCCC2C)c1C. The monoisotopic (exact) mass is 276 g/mol. The van der Waals surface area contributed by atoms with E-state index in [0.29, 0.717) is 12.0 Å². The molecule has 1 aliphatic heterocycles. The topological polar surface area (TPSA) is 41.1 Å². The van der Waals surface area contributed by atoms with Crippen LogP contribution in [0.5, 0.6) is 0 Å². The summed E-state index contributed by atoms with van der Waals surface area (Å²) in [5, 5.41) is 3.46. The van der Waals surface area contributed by atoms with Gasteiger partial charge in [0.1, 0.15) is 17.5 Å². The highest BCUT2D eigenvalue weighted by Crippen LogP contribution is 2.31. The van der Waals surface area contributed by atoms with Crippen LogP contribution in [0.1, 0.15) is 64.3 Å². The van der Waals surface area contributed by atoms with Gasteiger partial charge in [0.25, 0.3) is 0 Å². The molecule has 1 aliphatic rings. The van der Waals surface area contributed by atoms with Crippen LogP contribution in [-0.4, -0.2) is 29.1 Å². The summed E-state index contributed by atoms with van der Waals surface area (Å²) in [5.74, 6) is 3.45. The maximum atomic E-state index is 4.85. The van der Waals surface area contributed by atoms with Crippen LogP contribution < -0.4 is 10.2 Å². The zero-order valence-corrected chi connectivity index (χ0v) is 13.5. The Morgan fingerprint density at radius 3 is 2.65 bits per heavy atom. The molecule has 2 heterocycles. The first-order valence-electron chi connectivity index (χ1n) is 7.93. The zero-order chi connectivity index (χ0) is 14.7. The van der Waals surface area contributed by atoms with Gasteiger partial charge in [-0.2, -0.15) is 0 Å². The molecule has 1 aromatic heterocycles. The molecular formula is C16H28N4. The summed E-state index contributed by atoms with van der Waals surface area (Å²) in [6, 6.07) is 0.586. The Bertz CT molecular complexity index is 456. The predicted molar refractivity (Wildman–Crippen MR) is 85.7 cm³/mol. The van der Waals surface area contributed by atoms with E-state index in [-0.39, 0.29) is 0 Å². The van der Waals surface area contributed by atoms with Gasteiger partial charge in [-0.1, -0.05) is 20.8 Å². The summed E-state index contributed by atoms with van der Waals surface area (Å²) in [6.45, 7) is 13.0. The largest absolute Gasteiger partial charge is 0.370 e. The van der Waals surface area contributed by atoms with Crippen molar-refractivity contribution >= 4 is 11.6 Å². The lowest BCUT2D eigenvalue weighted by Gasteiger charge is -2.26. The zero-order valence-electron chi connectivity index (χ0n) is 13.5. The molecule has 1 unspecified atom stereocenters. The third-order valence-electron chi connectivity index (χ3n) is 4.02. The molecule has 1 fully saturated rings. The Morgan fingerprint density at radius 2 is 2.10 bits per heavy atom. The van der Waals surface area contributed by atoms with Gasteiger partial charge in [-0.05, 0) is 33.1 Å². The minimum absolute atomic E-state index is 0.356. The van der Waals surface area contributed by atoms with E-state index in [1.807, 2.05) is 0 Å². The van der Waals surface area contributed by atoms with Gasteiger partial charge in [0.05, 0.1) is 0 Å². The van der Waals surface area contributed by atoms with E-state index < -0.39 is 0 Å². The lowest BCUT2D eigenvalue weighted by atomic mass is 10.2. The number of hydrogen-bond donors (Lipinski definition) is 1. The predicted octanol–water partition coefficient (Wildman–Crippen LogP) is 3.72. The normalized spacial score (nSPS) is 18.9. The lowest BCUT2D eigenvalue weighted by Crippen LogP contribution is -2.29. The Labute approximate surface area is 123 Å². The van der Waals surface area contributed by atoms with Crippen molar-refractivity contribution in [3.05, 3.63) is 11.4 Å². The van der Waals surface area contributed by atoms with E-state index in [1.54, 1.807) is 0 Å². The molecule has 4 heteroatoms. The fourth-order valence-corrected chi connectivity index (χ4v) is 2.72. The molecule has 1 saturated heterocycles. The second-order valence-corrected chi connectivity index (χ2v) is 6.15. The van der Waals surface area contributed by atoms with Crippen LogP contribution >= 0.6 is 0 Å². The summed E-state index contributed by atoms with van der Waals surface area (Å²) in [4.78, 5) is 12.0. The molecule has 0 aliphatic carbocycles. The van der Waals surface area contributed by atoms with Crippen molar-refractivity contribution in [3.63, 3.8) is 0 Å². The van der Waals surface area contributed by atoms with Gasteiger partial charge in [-0.3, -0.25) is 0 Å². The number of anilines is 2. The summed E-state index contributed by atoms with van der Waals surface area (Å²) in [5.41, 5.74) is 1.19. The molecule has 0 spiro atoms. The van der Waals surface area contributed by atoms with E-state index >= 15 is 0 Å². The van der Waals surface area contributed by atoms with Crippen LogP contribution in [0, 0.1) is 6.92 Å². The molecule has 0 bridgehead atoms. The number of nitrogens with one attached hydrogen (secondary N) is 1. The Hall–Kier alpha value is -1.32. The van der Waals surface area contributed by atoms with Crippen molar-refractivity contribution in [2.45, 2.75) is 65.8 Å². The standard InChI is InChI=1S/C16H28N4/c1-6-9-17-15-13(5)16(19-14(18-15)11(2)3)20-10-7-8-12(20)4/h11-12H,6-10H2,1-5H3,(H,17,18,19). The van der Waals surface area contributed by atoms with E-state index in [9.17, 15) is 0 Å². The molecule has 4 nitrogen and oxygen atoms in total. The van der Waals surface area contributed by atoms with E-state index in [1.165, 1.54) is 18.4 Å². The van der Waals surface area contributed by atoms with E-state index in [0.717, 1.165) is 37.0 Å². The van der Waals surface area contributed by atoms with Crippen molar-refractivity contribution < 1.29 is 0 Å². The van der Waals surface area contributed by atoms with Gasteiger partial charge in [0.15, 0.2) is 0 Å². The van der Waals surface area contributed by atoms with Gasteiger partial charge in [-0.25, -0.2) is 9.97 Å². The van der Waals surface area contributed by atoms with Crippen molar-refractivity contribution in [1.29, 1.82) is 0 Å². The van der Waals surface area contributed by atoms with Crippen LogP contribution in [-0.2, 0) is 0 Å². The first-order valence-corrected chi connectivity index (χ1v) is 7.93. The van der Waals surface area contributed by atoms with Gasteiger partial charge in [-0.15, -0.1) is 0 Å². The number of hydrogen-bond acceptors (Lipinski definition) is 4. The number of aromatic nitrogens is 2. The van der Waals surface area contributed by atoms with Crippen molar-refractivity contribution in [2.75, 3.05) is 23.3 Å². The maximum absolute atomic E-state index is 4.85. The van der Waals surface area contributed by atoms with Crippen molar-refractivity contribution in [2.24, 2.45) is 0 Å². The van der Waals surface area contributed by atoms with Crippen LogP contribution in [0.3, 0.4) is 0 Å². The number of nitrogens with zero attached hydrogens (tertiary/aromatic N) is 3. The molecule has 0 radical (unpaired) electrons. The van der Waals surface area contributed by atoms with Crippen LogP contribution in [0.2, 0.25) is 0 Å². The van der Waals surface area contributed by atoms with Crippen LogP contribution in [0.25, 0.3) is 0 Å². The highest BCUT2D eigenvalue weighted by Gasteiger charge is 2.25. The average Bonchev–Trinajstić information content (AvgIpc) is 2.83. The van der Waals surface area contributed by atoms with Crippen LogP contribution in [0.15, 0.2) is 0 Å². The minimum Gasteiger partial charge on any atom is -0.370 e. The average molecular weight is 276 g/mol. The lowest BCUT2D eigenvalue weighted by molar-refractivity contribution is 0.708. The molecule has 1 aromatic rings. The van der Waals surface area contributed by atoms with Crippen LogP contribution in [0.4, 0.5) is 11.6 Å². The first-order chi connectivity index (χ1) is 9.54. The molecule has 1 N–H and O–H groups in total. The van der Waals surface area contributed by atoms with Gasteiger partial charge >= 0.3 is 0 Å². The molecule has 0 aromatic carbocycles. The molecule has 112 valence electrons. The van der Waals surface area contributed by atoms with Gasteiger partial charge < -0.3 is 10.2 Å². The van der Waals surface area contributed by atoms with Crippen molar-refractivity contribution in [1.82, 2.24) is 9.97 Å². The second-order valence-electron chi connectivity index (χ2n) is 6.15. The summed E-state index contributed by atoms with van der Waals surface area (Å²) < 4.78 is 0. The Morgan fingerprint density at radius 1 is 1.35 bits per heavy atom. The molecule has 0 saturated carbocycles. The quantitative estimate of drug-likeness (QED) is 0.890. The Balaban J connectivity index is 2.40. The Kier molecular flexibility index (Phi) is 4.84. The summed E-state index contributed by atoms with van der Waals surface area (Å²) >= 11 is 0. The van der Waals surface area contributed by atoms with E-state index in [2.05, 4.69) is 44.8 Å². The minimum atomic E-state index is 0.356. The van der Waals surface area contributed by atoms with Gasteiger partial charge in [0.2, 0.25) is 0 Å². The molecule has 20 heavy (non-hydrogen) atoms. The van der Waals surface area contributed by atoms with E-state index in [4.69, 9.17) is 9.97 Å². The fraction of sp³-hybridized carbons (Fsp3) is 0.750. The highest BCUT2D eigenvalue weighted by atomic mass is 15.2. The van der Waals surface area contributed by atoms with Gasteiger partial charge in [0, 0.05) is 30.6 Å². The fourth-order valence-electron chi connectivity index (χ4n) is 2.72.